The molecule has 5 rings (SSSR count). The number of hydrogen-bond acceptors (Lipinski definition) is 3. The van der Waals surface area contributed by atoms with Gasteiger partial charge in [0.2, 0.25) is 0 Å². The van der Waals surface area contributed by atoms with Gasteiger partial charge in [-0.3, -0.25) is 4.79 Å². The summed E-state index contributed by atoms with van der Waals surface area (Å²) in [6.45, 7) is 6.53. The zero-order valence-electron chi connectivity index (χ0n) is 23.6. The van der Waals surface area contributed by atoms with E-state index >= 15 is 0 Å². The first-order valence-corrected chi connectivity index (χ1v) is 13.9. The Balaban J connectivity index is 0.000000220. The van der Waals surface area contributed by atoms with E-state index in [1.807, 2.05) is 19.2 Å². The van der Waals surface area contributed by atoms with Crippen molar-refractivity contribution in [2.75, 3.05) is 27.7 Å². The van der Waals surface area contributed by atoms with Gasteiger partial charge in [-0.15, -0.1) is 0 Å². The molecule has 0 bridgehead atoms. The summed E-state index contributed by atoms with van der Waals surface area (Å²) in [5.41, 5.74) is 1.78. The van der Waals surface area contributed by atoms with Crippen molar-refractivity contribution in [1.82, 2.24) is 9.80 Å². The molecule has 4 nitrogen and oxygen atoms in total. The Kier molecular flexibility index (Phi) is 11.5. The molecule has 0 spiro atoms. The molecule has 1 aliphatic carbocycles. The van der Waals surface area contributed by atoms with Crippen molar-refractivity contribution >= 4 is 16.7 Å². The van der Waals surface area contributed by atoms with Gasteiger partial charge in [0, 0.05) is 25.2 Å². The normalized spacial score (nSPS) is 17.8. The van der Waals surface area contributed by atoms with Gasteiger partial charge in [0.1, 0.15) is 5.75 Å². The molecule has 3 aromatic carbocycles. The van der Waals surface area contributed by atoms with Gasteiger partial charge in [0.05, 0.1) is 7.11 Å². The summed E-state index contributed by atoms with van der Waals surface area (Å²) in [4.78, 5) is 16.6. The monoisotopic (exact) mass is 502 g/mol. The van der Waals surface area contributed by atoms with Gasteiger partial charge >= 0.3 is 0 Å². The molecule has 0 unspecified atom stereocenters. The number of fused-ring (bicyclic) bond motifs is 1. The van der Waals surface area contributed by atoms with Crippen LogP contribution in [0.4, 0.5) is 0 Å². The highest BCUT2D eigenvalue weighted by molar-refractivity contribution is 5.94. The van der Waals surface area contributed by atoms with Crippen LogP contribution in [0.1, 0.15) is 74.7 Å². The van der Waals surface area contributed by atoms with E-state index in [0.29, 0.717) is 12.1 Å². The summed E-state index contributed by atoms with van der Waals surface area (Å²) in [5, 5.41) is 2.40. The van der Waals surface area contributed by atoms with E-state index in [2.05, 4.69) is 56.1 Å². The number of carbonyl (C=O) groups excluding carboxylic acids is 1. The van der Waals surface area contributed by atoms with Crippen molar-refractivity contribution in [3.05, 3.63) is 77.9 Å². The van der Waals surface area contributed by atoms with Crippen molar-refractivity contribution in [3.8, 4) is 5.75 Å². The molecule has 2 aliphatic rings. The molecule has 200 valence electrons. The van der Waals surface area contributed by atoms with Crippen LogP contribution in [0, 0.1) is 5.92 Å². The molecule has 1 amide bonds. The van der Waals surface area contributed by atoms with Crippen molar-refractivity contribution in [1.29, 1.82) is 0 Å². The van der Waals surface area contributed by atoms with Gasteiger partial charge in [-0.25, -0.2) is 0 Å². The van der Waals surface area contributed by atoms with Crippen LogP contribution in [-0.4, -0.2) is 49.5 Å². The Bertz CT molecular complexity index is 1080. The van der Waals surface area contributed by atoms with Gasteiger partial charge in [-0.1, -0.05) is 75.4 Å². The molecule has 1 saturated heterocycles. The van der Waals surface area contributed by atoms with E-state index in [0.717, 1.165) is 23.3 Å². The molecular formula is C33H46N2O2. The van der Waals surface area contributed by atoms with Crippen molar-refractivity contribution < 1.29 is 9.53 Å². The third kappa shape index (κ3) is 9.19. The minimum absolute atomic E-state index is 0.000752. The molecule has 1 heterocycles. The summed E-state index contributed by atoms with van der Waals surface area (Å²) in [6.07, 6.45) is 10.2. The number of likely N-dealkylation sites (tertiary alicyclic amines) is 1. The molecule has 1 atom stereocenters. The van der Waals surface area contributed by atoms with Gasteiger partial charge in [0.25, 0.3) is 5.91 Å². The van der Waals surface area contributed by atoms with Gasteiger partial charge in [-0.2, -0.15) is 0 Å². The molecule has 3 aromatic rings. The lowest BCUT2D eigenvalue weighted by atomic mass is 9.91. The number of hydrogen-bond donors (Lipinski definition) is 0. The second-order valence-electron chi connectivity index (χ2n) is 10.8. The Hall–Kier alpha value is -2.85. The third-order valence-electron chi connectivity index (χ3n) is 7.70. The van der Waals surface area contributed by atoms with Crippen LogP contribution in [0.2, 0.25) is 0 Å². The van der Waals surface area contributed by atoms with Crippen LogP contribution in [0.5, 0.6) is 5.75 Å². The second kappa shape index (κ2) is 14.8. The van der Waals surface area contributed by atoms with Crippen LogP contribution in [0.25, 0.3) is 10.8 Å². The number of ether oxygens (including phenoxy) is 1. The molecular weight excluding hydrogens is 456 g/mol. The Morgan fingerprint density at radius 1 is 0.892 bits per heavy atom. The average molecular weight is 503 g/mol. The maximum absolute atomic E-state index is 12.5. The summed E-state index contributed by atoms with van der Waals surface area (Å²) < 4.78 is 5.12. The molecule has 4 heteroatoms. The highest BCUT2D eigenvalue weighted by atomic mass is 16.5. The van der Waals surface area contributed by atoms with Gasteiger partial charge < -0.3 is 14.5 Å². The second-order valence-corrected chi connectivity index (χ2v) is 10.8. The van der Waals surface area contributed by atoms with Gasteiger partial charge in [0.15, 0.2) is 0 Å². The predicted molar refractivity (Wildman–Crippen MR) is 156 cm³/mol. The quantitative estimate of drug-likeness (QED) is 0.365. The molecule has 2 fully saturated rings. The Labute approximate surface area is 224 Å². The SMILES string of the molecule is CC1CCCCC1.COc1ccc(C(=O)N(C)Cc2ccc3ccccc3c2)cc1.C[C@@H]1CCCN1C. The number of rotatable bonds is 4. The largest absolute Gasteiger partial charge is 0.497 e. The number of benzene rings is 3. The first-order valence-electron chi connectivity index (χ1n) is 13.9. The molecule has 0 aromatic heterocycles. The zero-order valence-corrected chi connectivity index (χ0v) is 23.6. The van der Waals surface area contributed by atoms with Crippen LogP contribution >= 0.6 is 0 Å². The van der Waals surface area contributed by atoms with Crippen molar-refractivity contribution in [3.63, 3.8) is 0 Å². The topological polar surface area (TPSA) is 32.8 Å². The minimum atomic E-state index is 0.000752. The van der Waals surface area contributed by atoms with Crippen LogP contribution in [0.3, 0.4) is 0 Å². The van der Waals surface area contributed by atoms with E-state index in [4.69, 9.17) is 4.74 Å². The molecule has 1 aliphatic heterocycles. The number of amides is 1. The van der Waals surface area contributed by atoms with E-state index in [-0.39, 0.29) is 5.91 Å². The zero-order chi connectivity index (χ0) is 26.6. The molecule has 1 saturated carbocycles. The summed E-state index contributed by atoms with van der Waals surface area (Å²) in [5.74, 6) is 1.79. The van der Waals surface area contributed by atoms with E-state index < -0.39 is 0 Å². The highest BCUT2D eigenvalue weighted by Gasteiger charge is 2.14. The average Bonchev–Trinajstić information content (AvgIpc) is 3.31. The van der Waals surface area contributed by atoms with E-state index in [1.165, 1.54) is 62.3 Å². The Morgan fingerprint density at radius 2 is 1.57 bits per heavy atom. The molecule has 0 N–H and O–H groups in total. The van der Waals surface area contributed by atoms with Crippen LogP contribution in [0.15, 0.2) is 66.7 Å². The lowest BCUT2D eigenvalue weighted by Gasteiger charge is -2.18. The minimum Gasteiger partial charge on any atom is -0.497 e. The van der Waals surface area contributed by atoms with Crippen LogP contribution < -0.4 is 4.74 Å². The Morgan fingerprint density at radius 3 is 2.08 bits per heavy atom. The maximum atomic E-state index is 12.5. The van der Waals surface area contributed by atoms with E-state index in [1.54, 1.807) is 36.3 Å². The first kappa shape index (κ1) is 28.7. The fraction of sp³-hybridized carbons (Fsp3) is 0.485. The third-order valence-corrected chi connectivity index (χ3v) is 7.70. The summed E-state index contributed by atoms with van der Waals surface area (Å²) in [6, 6.07) is 22.6. The van der Waals surface area contributed by atoms with Crippen LogP contribution in [-0.2, 0) is 6.54 Å². The predicted octanol–water partition coefficient (Wildman–Crippen LogP) is 7.81. The standard InChI is InChI=1S/C20H19NO2.C7H14.C6H13N/c1-21(20(22)17-9-11-19(23-2)12-10-17)14-15-7-8-16-5-3-4-6-18(16)13-15;1-7-5-3-2-4-6-7;1-6-4-3-5-7(6)2/h3-13H,14H2,1-2H3;7H,2-6H2,1H3;6H,3-5H2,1-2H3/t;;6-/m..1/s1. The number of methoxy groups -OCH3 is 1. The summed E-state index contributed by atoms with van der Waals surface area (Å²) >= 11 is 0. The summed E-state index contributed by atoms with van der Waals surface area (Å²) in [7, 11) is 5.63. The van der Waals surface area contributed by atoms with Gasteiger partial charge in [-0.05, 0) is 85.9 Å². The number of carbonyl (C=O) groups is 1. The van der Waals surface area contributed by atoms with Crippen molar-refractivity contribution in [2.45, 2.75) is 71.4 Å². The smallest absolute Gasteiger partial charge is 0.253 e. The van der Waals surface area contributed by atoms with E-state index in [9.17, 15) is 4.79 Å². The maximum Gasteiger partial charge on any atom is 0.253 e. The lowest BCUT2D eigenvalue weighted by Crippen LogP contribution is -2.26. The molecule has 37 heavy (non-hydrogen) atoms. The molecule has 0 radical (unpaired) electrons. The fourth-order valence-corrected chi connectivity index (χ4v) is 5.02. The van der Waals surface area contributed by atoms with Crippen molar-refractivity contribution in [2.24, 2.45) is 5.92 Å². The lowest BCUT2D eigenvalue weighted by molar-refractivity contribution is 0.0785. The highest BCUT2D eigenvalue weighted by Crippen LogP contribution is 2.22. The fourth-order valence-electron chi connectivity index (χ4n) is 5.02. The first-order chi connectivity index (χ1) is 17.9. The number of nitrogens with zero attached hydrogens (tertiary/aromatic N) is 2.